The molecule has 0 atom stereocenters. The van der Waals surface area contributed by atoms with Crippen molar-refractivity contribution in [1.82, 2.24) is 15.0 Å². The highest BCUT2D eigenvalue weighted by molar-refractivity contribution is 5.70. The molecule has 0 fully saturated rings. The van der Waals surface area contributed by atoms with Crippen LogP contribution in [0.2, 0.25) is 0 Å². The number of anilines is 3. The van der Waals surface area contributed by atoms with Crippen molar-refractivity contribution in [3.8, 4) is 0 Å². The van der Waals surface area contributed by atoms with Crippen LogP contribution >= 0.6 is 0 Å². The van der Waals surface area contributed by atoms with Gasteiger partial charge < -0.3 is 10.7 Å². The van der Waals surface area contributed by atoms with Gasteiger partial charge in [-0.3, -0.25) is 10.8 Å². The van der Waals surface area contributed by atoms with Gasteiger partial charge in [-0.1, -0.05) is 0 Å². The summed E-state index contributed by atoms with van der Waals surface area (Å²) in [5.74, 6) is 5.89. The summed E-state index contributed by atoms with van der Waals surface area (Å²) in [7, 11) is 0. The molecule has 0 amide bonds. The van der Waals surface area contributed by atoms with Gasteiger partial charge in [0.25, 0.3) is 0 Å². The highest BCUT2D eigenvalue weighted by Crippen LogP contribution is 2.21. The largest absolute Gasteiger partial charge is 0.322 e. The van der Waals surface area contributed by atoms with Crippen molar-refractivity contribution < 1.29 is 0 Å². The lowest BCUT2D eigenvalue weighted by Gasteiger charge is -2.09. The van der Waals surface area contributed by atoms with E-state index in [9.17, 15) is 0 Å². The number of hydrogen-bond donors (Lipinski definition) is 3. The van der Waals surface area contributed by atoms with E-state index in [1.54, 1.807) is 24.7 Å². The quantitative estimate of drug-likeness (QED) is 0.528. The molecule has 6 nitrogen and oxygen atoms in total. The lowest BCUT2D eigenvalue weighted by atomic mass is 10.3. The van der Waals surface area contributed by atoms with Gasteiger partial charge >= 0.3 is 0 Å². The van der Waals surface area contributed by atoms with Gasteiger partial charge in [-0.25, -0.2) is 9.97 Å². The second-order valence-corrected chi connectivity index (χ2v) is 3.21. The second-order valence-electron chi connectivity index (χ2n) is 3.21. The van der Waals surface area contributed by atoms with E-state index in [0.717, 1.165) is 11.4 Å². The maximum atomic E-state index is 5.36. The van der Waals surface area contributed by atoms with Gasteiger partial charge in [-0.05, 0) is 19.1 Å². The Hall–Kier alpha value is -2.21. The van der Waals surface area contributed by atoms with E-state index < -0.39 is 0 Å². The van der Waals surface area contributed by atoms with Crippen LogP contribution in [-0.2, 0) is 0 Å². The number of nitrogens with two attached hydrogens (primary N) is 1. The van der Waals surface area contributed by atoms with E-state index in [2.05, 4.69) is 25.7 Å². The van der Waals surface area contributed by atoms with Gasteiger partial charge in [0.05, 0.1) is 17.6 Å². The molecule has 82 valence electrons. The van der Waals surface area contributed by atoms with Crippen molar-refractivity contribution >= 4 is 17.3 Å². The predicted octanol–water partition coefficient (Wildman–Crippen LogP) is 1.21. The minimum Gasteiger partial charge on any atom is -0.322 e. The Bertz CT molecular complexity index is 484. The van der Waals surface area contributed by atoms with Gasteiger partial charge in [0.15, 0.2) is 0 Å². The molecule has 4 N–H and O–H groups in total. The second kappa shape index (κ2) is 4.54. The first-order valence-corrected chi connectivity index (χ1v) is 4.77. The van der Waals surface area contributed by atoms with Crippen molar-refractivity contribution in [2.75, 3.05) is 10.7 Å². The maximum absolute atomic E-state index is 5.36. The molecule has 2 heterocycles. The Morgan fingerprint density at radius 1 is 1.19 bits per heavy atom. The molecular weight excluding hydrogens is 204 g/mol. The summed E-state index contributed by atoms with van der Waals surface area (Å²) < 4.78 is 0. The zero-order valence-corrected chi connectivity index (χ0v) is 8.81. The monoisotopic (exact) mass is 216 g/mol. The third-order valence-corrected chi connectivity index (χ3v) is 2.02. The van der Waals surface area contributed by atoms with E-state index in [4.69, 9.17) is 5.84 Å². The molecule has 2 rings (SSSR count). The Morgan fingerprint density at radius 3 is 2.81 bits per heavy atom. The molecule has 0 aliphatic heterocycles. The topological polar surface area (TPSA) is 88.8 Å². The van der Waals surface area contributed by atoms with Crippen LogP contribution in [0.3, 0.4) is 0 Å². The molecule has 0 spiro atoms. The van der Waals surface area contributed by atoms with Crippen LogP contribution in [0.5, 0.6) is 0 Å². The van der Waals surface area contributed by atoms with Crippen molar-refractivity contribution in [2.24, 2.45) is 5.84 Å². The molecule has 0 radical (unpaired) electrons. The molecule has 6 heteroatoms. The third kappa shape index (κ3) is 2.23. The molecule has 2 aromatic heterocycles. The number of hydrogen-bond acceptors (Lipinski definition) is 6. The molecule has 0 aliphatic carbocycles. The highest BCUT2D eigenvalue weighted by Gasteiger charge is 2.02. The van der Waals surface area contributed by atoms with Crippen molar-refractivity contribution in [2.45, 2.75) is 6.92 Å². The molecule has 16 heavy (non-hydrogen) atoms. The molecule has 0 bridgehead atoms. The molecular formula is C10H12N6. The maximum Gasteiger partial charge on any atom is 0.227 e. The van der Waals surface area contributed by atoms with Crippen LogP contribution < -0.4 is 16.6 Å². The van der Waals surface area contributed by atoms with E-state index in [1.165, 1.54) is 0 Å². The number of pyridine rings is 1. The van der Waals surface area contributed by atoms with Crippen molar-refractivity contribution in [1.29, 1.82) is 0 Å². The van der Waals surface area contributed by atoms with E-state index >= 15 is 0 Å². The van der Waals surface area contributed by atoms with Crippen LogP contribution in [0.1, 0.15) is 5.69 Å². The third-order valence-electron chi connectivity index (χ3n) is 2.02. The minimum absolute atomic E-state index is 0.530. The Balaban J connectivity index is 2.26. The summed E-state index contributed by atoms with van der Waals surface area (Å²) >= 11 is 0. The van der Waals surface area contributed by atoms with Gasteiger partial charge in [-0.15, -0.1) is 0 Å². The van der Waals surface area contributed by atoms with Crippen LogP contribution in [0, 0.1) is 6.92 Å². The average molecular weight is 216 g/mol. The van der Waals surface area contributed by atoms with E-state index in [0.29, 0.717) is 11.6 Å². The summed E-state index contributed by atoms with van der Waals surface area (Å²) in [4.78, 5) is 12.3. The fraction of sp³-hybridized carbons (Fsp3) is 0.100. The normalized spacial score (nSPS) is 9.88. The van der Waals surface area contributed by atoms with Gasteiger partial charge in [-0.2, -0.15) is 0 Å². The average Bonchev–Trinajstić information content (AvgIpc) is 2.30. The molecule has 0 saturated heterocycles. The molecule has 0 saturated carbocycles. The molecule has 2 aromatic rings. The Labute approximate surface area is 92.9 Å². The zero-order valence-electron chi connectivity index (χ0n) is 8.81. The van der Waals surface area contributed by atoms with Crippen LogP contribution in [0.15, 0.2) is 30.7 Å². The fourth-order valence-corrected chi connectivity index (χ4v) is 1.25. The van der Waals surface area contributed by atoms with Crippen LogP contribution in [-0.4, -0.2) is 15.0 Å². The summed E-state index contributed by atoms with van der Waals surface area (Å²) in [6.07, 6.45) is 4.98. The van der Waals surface area contributed by atoms with E-state index in [-0.39, 0.29) is 0 Å². The summed E-state index contributed by atoms with van der Waals surface area (Å²) in [6.45, 7) is 1.90. The Kier molecular flexibility index (Phi) is 2.93. The summed E-state index contributed by atoms with van der Waals surface area (Å²) in [5.41, 5.74) is 4.92. The van der Waals surface area contributed by atoms with E-state index in [1.807, 2.05) is 13.0 Å². The van der Waals surface area contributed by atoms with Crippen molar-refractivity contribution in [3.63, 3.8) is 0 Å². The van der Waals surface area contributed by atoms with Gasteiger partial charge in [0.1, 0.15) is 0 Å². The first kappa shape index (κ1) is 10.3. The minimum atomic E-state index is 0.530. The SMILES string of the molecule is Cc1ccnc(Nc2ccncc2NN)n1. The number of nitrogens with zero attached hydrogens (tertiary/aromatic N) is 3. The lowest BCUT2D eigenvalue weighted by molar-refractivity contribution is 1.10. The van der Waals surface area contributed by atoms with Crippen molar-refractivity contribution in [3.05, 3.63) is 36.4 Å². The van der Waals surface area contributed by atoms with Gasteiger partial charge in [0, 0.05) is 18.1 Å². The molecule has 0 aromatic carbocycles. The number of hydrazine groups is 1. The summed E-state index contributed by atoms with van der Waals surface area (Å²) in [5, 5.41) is 3.06. The summed E-state index contributed by atoms with van der Waals surface area (Å²) in [6, 6.07) is 3.63. The number of rotatable bonds is 3. The number of aryl methyl sites for hydroxylation is 1. The molecule has 0 aliphatic rings. The Morgan fingerprint density at radius 2 is 2.06 bits per heavy atom. The van der Waals surface area contributed by atoms with Crippen LogP contribution in [0.25, 0.3) is 0 Å². The molecule has 0 unspecified atom stereocenters. The van der Waals surface area contributed by atoms with Crippen LogP contribution in [0.4, 0.5) is 17.3 Å². The highest BCUT2D eigenvalue weighted by atomic mass is 15.2. The standard InChI is InChI=1S/C10H12N6/c1-7-2-5-13-10(14-7)15-8-3-4-12-6-9(8)16-11/h2-6,16H,11H2,1H3,(H,12,13,14,15). The number of aromatic nitrogens is 3. The first-order chi connectivity index (χ1) is 7.79. The lowest BCUT2D eigenvalue weighted by Crippen LogP contribution is -2.10. The fourth-order valence-electron chi connectivity index (χ4n) is 1.25. The smallest absolute Gasteiger partial charge is 0.227 e. The zero-order chi connectivity index (χ0) is 11.4. The predicted molar refractivity (Wildman–Crippen MR) is 62.1 cm³/mol. The first-order valence-electron chi connectivity index (χ1n) is 4.77. The van der Waals surface area contributed by atoms with Gasteiger partial charge in [0.2, 0.25) is 5.95 Å². The number of nitrogen functional groups attached to an aromatic ring is 1. The number of nitrogens with one attached hydrogen (secondary N) is 2.